The van der Waals surface area contributed by atoms with E-state index in [1.54, 1.807) is 12.3 Å². The lowest BCUT2D eigenvalue weighted by atomic mass is 10.1. The lowest BCUT2D eigenvalue weighted by Crippen LogP contribution is -2.08. The van der Waals surface area contributed by atoms with Crippen molar-refractivity contribution in [2.75, 3.05) is 11.1 Å². The minimum absolute atomic E-state index is 0.0328. The Morgan fingerprint density at radius 3 is 2.81 bits per heavy atom. The predicted octanol–water partition coefficient (Wildman–Crippen LogP) is 4.13. The van der Waals surface area contributed by atoms with Gasteiger partial charge in [-0.2, -0.15) is 0 Å². The number of rotatable bonds is 3. The molecule has 1 heterocycles. The molecule has 2 aromatic carbocycles. The Morgan fingerprint density at radius 2 is 2.00 bits per heavy atom. The zero-order valence-electron chi connectivity index (χ0n) is 11.7. The van der Waals surface area contributed by atoms with Crippen LogP contribution in [0.1, 0.15) is 18.5 Å². The highest BCUT2D eigenvalue weighted by Gasteiger charge is 2.10. The molecule has 0 aliphatic heterocycles. The van der Waals surface area contributed by atoms with Gasteiger partial charge in [0.2, 0.25) is 0 Å². The van der Waals surface area contributed by atoms with Gasteiger partial charge in [0.05, 0.1) is 11.2 Å². The fraction of sp³-hybridized carbons (Fsp3) is 0.118. The van der Waals surface area contributed by atoms with E-state index >= 15 is 0 Å². The van der Waals surface area contributed by atoms with Crippen LogP contribution in [-0.2, 0) is 0 Å². The van der Waals surface area contributed by atoms with Gasteiger partial charge in [0.25, 0.3) is 0 Å². The van der Waals surface area contributed by atoms with Gasteiger partial charge in [0.1, 0.15) is 5.82 Å². The second kappa shape index (κ2) is 5.40. The van der Waals surface area contributed by atoms with Crippen molar-refractivity contribution in [3.05, 3.63) is 66.1 Å². The van der Waals surface area contributed by atoms with Crippen molar-refractivity contribution >= 4 is 22.3 Å². The summed E-state index contributed by atoms with van der Waals surface area (Å²) < 4.78 is 13.3. The zero-order chi connectivity index (χ0) is 14.8. The molecule has 0 saturated heterocycles. The van der Waals surface area contributed by atoms with Gasteiger partial charge in [-0.1, -0.05) is 12.1 Å². The van der Waals surface area contributed by atoms with Gasteiger partial charge in [0.15, 0.2) is 0 Å². The Kier molecular flexibility index (Phi) is 3.44. The first-order valence-corrected chi connectivity index (χ1v) is 6.80. The van der Waals surface area contributed by atoms with Crippen molar-refractivity contribution in [3.8, 4) is 0 Å². The van der Waals surface area contributed by atoms with E-state index in [0.717, 1.165) is 22.2 Å². The third-order valence-corrected chi connectivity index (χ3v) is 3.52. The van der Waals surface area contributed by atoms with Gasteiger partial charge in [-0.3, -0.25) is 4.98 Å². The Labute approximate surface area is 122 Å². The average Bonchev–Trinajstić information content (AvgIpc) is 2.50. The summed E-state index contributed by atoms with van der Waals surface area (Å²) in [5.74, 6) is -0.235. The number of fused-ring (bicyclic) bond motifs is 1. The topological polar surface area (TPSA) is 50.9 Å². The van der Waals surface area contributed by atoms with E-state index < -0.39 is 0 Å². The maximum absolute atomic E-state index is 13.3. The van der Waals surface area contributed by atoms with Crippen LogP contribution in [0.3, 0.4) is 0 Å². The van der Waals surface area contributed by atoms with Crippen molar-refractivity contribution in [1.82, 2.24) is 4.98 Å². The molecule has 0 aliphatic rings. The molecule has 3 aromatic rings. The van der Waals surface area contributed by atoms with Crippen LogP contribution in [-0.4, -0.2) is 4.98 Å². The number of benzene rings is 2. The standard InChI is InChI=1S/C17H16FN3/c1-11(12-4-2-5-13(18)10-12)21-16-8-7-15(19)14-6-3-9-20-17(14)16/h2-11,21H,19H2,1H3. The summed E-state index contributed by atoms with van der Waals surface area (Å²) in [6.45, 7) is 1.99. The van der Waals surface area contributed by atoms with Gasteiger partial charge >= 0.3 is 0 Å². The van der Waals surface area contributed by atoms with E-state index in [1.165, 1.54) is 12.1 Å². The molecule has 1 atom stereocenters. The van der Waals surface area contributed by atoms with Crippen LogP contribution in [0.2, 0.25) is 0 Å². The highest BCUT2D eigenvalue weighted by atomic mass is 19.1. The number of aromatic nitrogens is 1. The van der Waals surface area contributed by atoms with Crippen LogP contribution in [0.5, 0.6) is 0 Å². The number of nitrogens with two attached hydrogens (primary N) is 1. The van der Waals surface area contributed by atoms with Crippen LogP contribution < -0.4 is 11.1 Å². The molecular weight excluding hydrogens is 265 g/mol. The fourth-order valence-corrected chi connectivity index (χ4v) is 2.40. The smallest absolute Gasteiger partial charge is 0.123 e. The first-order chi connectivity index (χ1) is 10.1. The second-order valence-electron chi connectivity index (χ2n) is 5.02. The van der Waals surface area contributed by atoms with Gasteiger partial charge in [-0.15, -0.1) is 0 Å². The Morgan fingerprint density at radius 1 is 1.14 bits per heavy atom. The third-order valence-electron chi connectivity index (χ3n) is 3.52. The van der Waals surface area contributed by atoms with Crippen molar-refractivity contribution < 1.29 is 4.39 Å². The molecule has 0 amide bonds. The third kappa shape index (κ3) is 2.65. The number of nitrogen functional groups attached to an aromatic ring is 1. The molecular formula is C17H16FN3. The van der Waals surface area contributed by atoms with Crippen molar-refractivity contribution in [2.45, 2.75) is 13.0 Å². The predicted molar refractivity (Wildman–Crippen MR) is 84.6 cm³/mol. The summed E-state index contributed by atoms with van der Waals surface area (Å²) in [6, 6.07) is 14.1. The van der Waals surface area contributed by atoms with Gasteiger partial charge in [0, 0.05) is 23.3 Å². The number of hydrogen-bond acceptors (Lipinski definition) is 3. The molecule has 0 spiro atoms. The Balaban J connectivity index is 1.97. The lowest BCUT2D eigenvalue weighted by molar-refractivity contribution is 0.623. The van der Waals surface area contributed by atoms with E-state index in [9.17, 15) is 4.39 Å². The van der Waals surface area contributed by atoms with E-state index in [1.807, 2.05) is 37.3 Å². The summed E-state index contributed by atoms with van der Waals surface area (Å²) >= 11 is 0. The highest BCUT2D eigenvalue weighted by Crippen LogP contribution is 2.29. The van der Waals surface area contributed by atoms with Crippen LogP contribution in [0.4, 0.5) is 15.8 Å². The molecule has 0 saturated carbocycles. The van der Waals surface area contributed by atoms with E-state index in [2.05, 4.69) is 10.3 Å². The molecule has 0 fully saturated rings. The van der Waals surface area contributed by atoms with E-state index in [-0.39, 0.29) is 11.9 Å². The SMILES string of the molecule is CC(Nc1ccc(N)c2cccnc12)c1cccc(F)c1. The number of pyridine rings is 1. The summed E-state index contributed by atoms with van der Waals surface area (Å²) in [7, 11) is 0. The summed E-state index contributed by atoms with van der Waals surface area (Å²) in [5, 5.41) is 4.28. The van der Waals surface area contributed by atoms with Crippen LogP contribution in [0, 0.1) is 5.82 Å². The molecule has 1 aromatic heterocycles. The zero-order valence-corrected chi connectivity index (χ0v) is 11.7. The molecule has 21 heavy (non-hydrogen) atoms. The summed E-state index contributed by atoms with van der Waals surface area (Å²) in [5.41, 5.74) is 9.26. The Hall–Kier alpha value is -2.62. The highest BCUT2D eigenvalue weighted by molar-refractivity contribution is 5.98. The first-order valence-electron chi connectivity index (χ1n) is 6.80. The normalized spacial score (nSPS) is 12.3. The van der Waals surface area contributed by atoms with Crippen LogP contribution in [0.25, 0.3) is 10.9 Å². The maximum atomic E-state index is 13.3. The maximum Gasteiger partial charge on any atom is 0.123 e. The van der Waals surface area contributed by atoms with Crippen molar-refractivity contribution in [1.29, 1.82) is 0 Å². The van der Waals surface area contributed by atoms with Crippen molar-refractivity contribution in [2.24, 2.45) is 0 Å². The van der Waals surface area contributed by atoms with E-state index in [4.69, 9.17) is 5.73 Å². The van der Waals surface area contributed by atoms with Gasteiger partial charge < -0.3 is 11.1 Å². The Bertz CT molecular complexity index is 786. The fourth-order valence-electron chi connectivity index (χ4n) is 2.40. The van der Waals surface area contributed by atoms with Crippen LogP contribution >= 0.6 is 0 Å². The molecule has 106 valence electrons. The minimum Gasteiger partial charge on any atom is -0.398 e. The minimum atomic E-state index is -0.235. The van der Waals surface area contributed by atoms with Gasteiger partial charge in [-0.05, 0) is 48.9 Å². The number of anilines is 2. The number of halogens is 1. The van der Waals surface area contributed by atoms with Crippen molar-refractivity contribution in [3.63, 3.8) is 0 Å². The number of hydrogen-bond donors (Lipinski definition) is 2. The molecule has 3 nitrogen and oxygen atoms in total. The monoisotopic (exact) mass is 281 g/mol. The van der Waals surface area contributed by atoms with E-state index in [0.29, 0.717) is 5.69 Å². The number of nitrogens with one attached hydrogen (secondary N) is 1. The second-order valence-corrected chi connectivity index (χ2v) is 5.02. The molecule has 3 rings (SSSR count). The first kappa shape index (κ1) is 13.4. The summed E-state index contributed by atoms with van der Waals surface area (Å²) in [4.78, 5) is 4.39. The van der Waals surface area contributed by atoms with Gasteiger partial charge in [-0.25, -0.2) is 4.39 Å². The van der Waals surface area contributed by atoms with Crippen LogP contribution in [0.15, 0.2) is 54.7 Å². The lowest BCUT2D eigenvalue weighted by Gasteiger charge is -2.17. The summed E-state index contributed by atoms with van der Waals surface area (Å²) in [6.07, 6.45) is 1.74. The molecule has 4 heteroatoms. The quantitative estimate of drug-likeness (QED) is 0.710. The largest absolute Gasteiger partial charge is 0.398 e. The molecule has 1 unspecified atom stereocenters. The number of nitrogens with zero attached hydrogens (tertiary/aromatic N) is 1. The average molecular weight is 281 g/mol. The molecule has 3 N–H and O–H groups in total. The molecule has 0 bridgehead atoms. The molecule has 0 aliphatic carbocycles. The molecule has 0 radical (unpaired) electrons.